The molecule has 0 amide bonds. The largest absolute Gasteiger partial charge is 0.339 e. The van der Waals surface area contributed by atoms with Crippen LogP contribution in [0.3, 0.4) is 0 Å². The molecule has 1 N–H and O–H groups in total. The van der Waals surface area contributed by atoms with Gasteiger partial charge >= 0.3 is 0 Å². The molecular weight excluding hydrogens is 330 g/mol. The maximum absolute atomic E-state index is 6.46. The zero-order valence-corrected chi connectivity index (χ0v) is 14.9. The zero-order valence-electron chi connectivity index (χ0n) is 14.1. The van der Waals surface area contributed by atoms with Crippen molar-refractivity contribution < 1.29 is 0 Å². The lowest BCUT2D eigenvalue weighted by molar-refractivity contribution is 1.08. The lowest BCUT2D eigenvalue weighted by Gasteiger charge is -2.11. The van der Waals surface area contributed by atoms with E-state index in [2.05, 4.69) is 35.7 Å². The first-order valence-electron chi connectivity index (χ1n) is 8.20. The number of anilines is 2. The molecule has 0 saturated carbocycles. The van der Waals surface area contributed by atoms with Gasteiger partial charge in [0, 0.05) is 16.9 Å². The van der Waals surface area contributed by atoms with Crippen LogP contribution < -0.4 is 5.32 Å². The molecule has 2 heterocycles. The molecule has 4 heteroatoms. The SMILES string of the molecule is Cc1cc(C)n2c(Nc3ccccc3)c(-c3ccccc3Cl)nc2c1. The molecule has 25 heavy (non-hydrogen) atoms. The summed E-state index contributed by atoms with van der Waals surface area (Å²) in [5.41, 5.74) is 6.00. The monoisotopic (exact) mass is 347 g/mol. The van der Waals surface area contributed by atoms with Crippen molar-refractivity contribution in [2.24, 2.45) is 0 Å². The minimum atomic E-state index is 0.691. The van der Waals surface area contributed by atoms with Crippen molar-refractivity contribution in [2.45, 2.75) is 13.8 Å². The molecule has 2 aromatic carbocycles. The molecule has 0 fully saturated rings. The summed E-state index contributed by atoms with van der Waals surface area (Å²) in [6.45, 7) is 4.18. The third kappa shape index (κ3) is 2.87. The second-order valence-corrected chi connectivity index (χ2v) is 6.55. The highest BCUT2D eigenvalue weighted by molar-refractivity contribution is 6.33. The van der Waals surface area contributed by atoms with Crippen LogP contribution in [0.5, 0.6) is 0 Å². The van der Waals surface area contributed by atoms with E-state index in [1.165, 1.54) is 5.56 Å². The Bertz CT molecular complexity index is 1050. The van der Waals surface area contributed by atoms with E-state index < -0.39 is 0 Å². The summed E-state index contributed by atoms with van der Waals surface area (Å²) < 4.78 is 2.14. The number of nitrogens with zero attached hydrogens (tertiary/aromatic N) is 2. The highest BCUT2D eigenvalue weighted by Gasteiger charge is 2.18. The van der Waals surface area contributed by atoms with Gasteiger partial charge in [-0.05, 0) is 49.7 Å². The summed E-state index contributed by atoms with van der Waals surface area (Å²) in [4.78, 5) is 4.88. The van der Waals surface area contributed by atoms with E-state index in [0.29, 0.717) is 5.02 Å². The van der Waals surface area contributed by atoms with Gasteiger partial charge in [-0.1, -0.05) is 48.0 Å². The van der Waals surface area contributed by atoms with Crippen LogP contribution in [0.25, 0.3) is 16.9 Å². The third-order valence-corrected chi connectivity index (χ3v) is 4.54. The maximum atomic E-state index is 6.46. The molecule has 0 saturated heterocycles. The molecule has 0 atom stereocenters. The molecule has 4 rings (SSSR count). The standard InChI is InChI=1S/C21H18ClN3/c1-14-12-15(2)25-19(13-14)24-20(17-10-6-7-11-18(17)22)21(25)23-16-8-4-3-5-9-16/h3-13,23H,1-2H3. The molecular formula is C21H18ClN3. The van der Waals surface area contributed by atoms with E-state index in [1.807, 2.05) is 54.6 Å². The van der Waals surface area contributed by atoms with E-state index in [-0.39, 0.29) is 0 Å². The number of imidazole rings is 1. The first-order chi connectivity index (χ1) is 12.1. The number of benzene rings is 2. The van der Waals surface area contributed by atoms with Crippen LogP contribution in [0, 0.1) is 13.8 Å². The van der Waals surface area contributed by atoms with Crippen molar-refractivity contribution in [3.63, 3.8) is 0 Å². The summed E-state index contributed by atoms with van der Waals surface area (Å²) in [6, 6.07) is 22.2. The smallest absolute Gasteiger partial charge is 0.143 e. The summed E-state index contributed by atoms with van der Waals surface area (Å²) in [5.74, 6) is 0.923. The molecule has 0 aliphatic carbocycles. The van der Waals surface area contributed by atoms with Gasteiger partial charge in [0.05, 0.1) is 5.02 Å². The van der Waals surface area contributed by atoms with Crippen molar-refractivity contribution in [3.05, 3.63) is 83.0 Å². The molecule has 0 aliphatic rings. The van der Waals surface area contributed by atoms with Crippen LogP contribution in [-0.2, 0) is 0 Å². The van der Waals surface area contributed by atoms with Crippen molar-refractivity contribution >= 4 is 28.8 Å². The number of para-hydroxylation sites is 1. The van der Waals surface area contributed by atoms with E-state index in [4.69, 9.17) is 16.6 Å². The van der Waals surface area contributed by atoms with Crippen LogP contribution in [0.15, 0.2) is 66.7 Å². The maximum Gasteiger partial charge on any atom is 0.143 e. The Balaban J connectivity index is 2.00. The highest BCUT2D eigenvalue weighted by Crippen LogP contribution is 2.35. The number of hydrogen-bond acceptors (Lipinski definition) is 2. The zero-order chi connectivity index (χ0) is 17.4. The number of pyridine rings is 1. The Hall–Kier alpha value is -2.78. The van der Waals surface area contributed by atoms with Crippen molar-refractivity contribution in [3.8, 4) is 11.3 Å². The fourth-order valence-electron chi connectivity index (χ4n) is 3.15. The van der Waals surface area contributed by atoms with Gasteiger partial charge < -0.3 is 5.32 Å². The van der Waals surface area contributed by atoms with E-state index in [9.17, 15) is 0 Å². The molecule has 0 unspecified atom stereocenters. The summed E-state index contributed by atoms with van der Waals surface area (Å²) in [6.07, 6.45) is 0. The molecule has 2 aromatic heterocycles. The lowest BCUT2D eigenvalue weighted by Crippen LogP contribution is -2.00. The lowest BCUT2D eigenvalue weighted by atomic mass is 10.1. The summed E-state index contributed by atoms with van der Waals surface area (Å²) in [5, 5.41) is 4.21. The van der Waals surface area contributed by atoms with Crippen LogP contribution in [-0.4, -0.2) is 9.38 Å². The summed E-state index contributed by atoms with van der Waals surface area (Å²) in [7, 11) is 0. The Kier molecular flexibility index (Phi) is 3.94. The predicted octanol–water partition coefficient (Wildman–Crippen LogP) is 6.02. The van der Waals surface area contributed by atoms with Crippen LogP contribution in [0.2, 0.25) is 5.02 Å². The number of rotatable bonds is 3. The van der Waals surface area contributed by atoms with Crippen molar-refractivity contribution in [1.82, 2.24) is 9.38 Å². The number of fused-ring (bicyclic) bond motifs is 1. The normalized spacial score (nSPS) is 11.0. The first kappa shape index (κ1) is 15.7. The van der Waals surface area contributed by atoms with Gasteiger partial charge in [-0.25, -0.2) is 4.98 Å². The minimum Gasteiger partial charge on any atom is -0.339 e. The third-order valence-electron chi connectivity index (χ3n) is 4.21. The average molecular weight is 348 g/mol. The van der Waals surface area contributed by atoms with Crippen LogP contribution in [0.4, 0.5) is 11.5 Å². The van der Waals surface area contributed by atoms with Gasteiger partial charge in [-0.15, -0.1) is 0 Å². The molecule has 0 spiro atoms. The predicted molar refractivity (Wildman–Crippen MR) is 105 cm³/mol. The minimum absolute atomic E-state index is 0.691. The van der Waals surface area contributed by atoms with Gasteiger partial charge in [0.25, 0.3) is 0 Å². The second kappa shape index (κ2) is 6.26. The van der Waals surface area contributed by atoms with Crippen LogP contribution >= 0.6 is 11.6 Å². The Morgan fingerprint density at radius 1 is 0.920 bits per heavy atom. The van der Waals surface area contributed by atoms with Crippen molar-refractivity contribution in [1.29, 1.82) is 0 Å². The van der Waals surface area contributed by atoms with Crippen molar-refractivity contribution in [2.75, 3.05) is 5.32 Å². The Morgan fingerprint density at radius 3 is 2.40 bits per heavy atom. The molecule has 4 aromatic rings. The fraction of sp³-hybridized carbons (Fsp3) is 0.0952. The number of aromatic nitrogens is 2. The van der Waals surface area contributed by atoms with E-state index >= 15 is 0 Å². The van der Waals surface area contributed by atoms with Gasteiger partial charge in [-0.2, -0.15) is 0 Å². The highest BCUT2D eigenvalue weighted by atomic mass is 35.5. The van der Waals surface area contributed by atoms with Gasteiger partial charge in [-0.3, -0.25) is 4.40 Å². The second-order valence-electron chi connectivity index (χ2n) is 6.15. The topological polar surface area (TPSA) is 29.3 Å². The quantitative estimate of drug-likeness (QED) is 0.491. The molecule has 124 valence electrons. The number of aryl methyl sites for hydroxylation is 2. The van der Waals surface area contributed by atoms with E-state index in [1.54, 1.807) is 0 Å². The Labute approximate surface area is 151 Å². The fourth-order valence-corrected chi connectivity index (χ4v) is 3.37. The number of halogens is 1. The number of hydrogen-bond donors (Lipinski definition) is 1. The molecule has 0 aliphatic heterocycles. The average Bonchev–Trinajstić information content (AvgIpc) is 2.94. The van der Waals surface area contributed by atoms with Crippen LogP contribution in [0.1, 0.15) is 11.3 Å². The first-order valence-corrected chi connectivity index (χ1v) is 8.58. The molecule has 0 bridgehead atoms. The molecule has 0 radical (unpaired) electrons. The summed E-state index contributed by atoms with van der Waals surface area (Å²) >= 11 is 6.46. The number of nitrogens with one attached hydrogen (secondary N) is 1. The van der Waals surface area contributed by atoms with Gasteiger partial charge in [0.2, 0.25) is 0 Å². The Morgan fingerprint density at radius 2 is 1.64 bits per heavy atom. The van der Waals surface area contributed by atoms with Gasteiger partial charge in [0.15, 0.2) is 0 Å². The van der Waals surface area contributed by atoms with E-state index in [0.717, 1.165) is 34.1 Å². The molecule has 3 nitrogen and oxygen atoms in total. The van der Waals surface area contributed by atoms with Gasteiger partial charge in [0.1, 0.15) is 17.2 Å².